The number of halogens is 1. The fraction of sp³-hybridized carbons (Fsp3) is 0.235. The smallest absolute Gasteiger partial charge is 0.274 e. The van der Waals surface area contributed by atoms with E-state index in [4.69, 9.17) is 16.3 Å². The quantitative estimate of drug-likeness (QED) is 0.927. The van der Waals surface area contributed by atoms with E-state index in [0.717, 1.165) is 0 Å². The minimum atomic E-state index is -0.417. The Balaban J connectivity index is 1.76. The minimum Gasteiger partial charge on any atom is -0.378 e. The van der Waals surface area contributed by atoms with E-state index in [2.05, 4.69) is 10.3 Å². The first-order valence-corrected chi connectivity index (χ1v) is 7.93. The maximum absolute atomic E-state index is 12.4. The third kappa shape index (κ3) is 3.72. The molecule has 0 saturated carbocycles. The first-order valence-electron chi connectivity index (χ1n) is 7.55. The molecule has 2 amide bonds. The molecule has 1 aliphatic heterocycles. The van der Waals surface area contributed by atoms with Crippen molar-refractivity contribution in [1.82, 2.24) is 9.88 Å². The molecule has 2 aromatic rings. The molecule has 124 valence electrons. The van der Waals surface area contributed by atoms with Crippen molar-refractivity contribution in [3.63, 3.8) is 0 Å². The zero-order valence-corrected chi connectivity index (χ0v) is 13.6. The normalized spacial score (nSPS) is 14.3. The second-order valence-corrected chi connectivity index (χ2v) is 5.65. The molecule has 0 unspecified atom stereocenters. The highest BCUT2D eigenvalue weighted by atomic mass is 35.5. The highest BCUT2D eigenvalue weighted by molar-refractivity contribution is 6.33. The Labute approximate surface area is 144 Å². The van der Waals surface area contributed by atoms with E-state index in [0.29, 0.717) is 37.0 Å². The summed E-state index contributed by atoms with van der Waals surface area (Å²) in [5.74, 6) is -0.620. The summed E-state index contributed by atoms with van der Waals surface area (Å²) in [6, 6.07) is 11.7. The van der Waals surface area contributed by atoms with Crippen LogP contribution in [0.4, 0.5) is 5.69 Å². The Hall–Kier alpha value is -2.44. The van der Waals surface area contributed by atoms with Gasteiger partial charge in [-0.05, 0) is 24.3 Å². The number of benzene rings is 1. The lowest BCUT2D eigenvalue weighted by molar-refractivity contribution is 0.0299. The molecule has 0 spiro atoms. The third-order valence-corrected chi connectivity index (χ3v) is 3.95. The van der Waals surface area contributed by atoms with Gasteiger partial charge in [-0.3, -0.25) is 9.59 Å². The Kier molecular flexibility index (Phi) is 5.08. The van der Waals surface area contributed by atoms with E-state index in [1.165, 1.54) is 0 Å². The van der Waals surface area contributed by atoms with Crippen LogP contribution in [-0.4, -0.2) is 48.0 Å². The Bertz CT molecular complexity index is 760. The number of rotatable bonds is 3. The summed E-state index contributed by atoms with van der Waals surface area (Å²) in [6.07, 6.45) is 0. The van der Waals surface area contributed by atoms with Gasteiger partial charge in [0.25, 0.3) is 11.8 Å². The number of pyridine rings is 1. The van der Waals surface area contributed by atoms with Gasteiger partial charge in [-0.1, -0.05) is 29.8 Å². The van der Waals surface area contributed by atoms with Crippen molar-refractivity contribution in [2.45, 2.75) is 0 Å². The van der Waals surface area contributed by atoms with Crippen LogP contribution < -0.4 is 5.32 Å². The monoisotopic (exact) mass is 345 g/mol. The summed E-state index contributed by atoms with van der Waals surface area (Å²) in [4.78, 5) is 30.6. The van der Waals surface area contributed by atoms with Crippen molar-refractivity contribution in [3.8, 4) is 0 Å². The number of hydrogen-bond donors (Lipinski definition) is 1. The largest absolute Gasteiger partial charge is 0.378 e. The minimum absolute atomic E-state index is 0.161. The lowest BCUT2D eigenvalue weighted by atomic mass is 10.2. The summed E-state index contributed by atoms with van der Waals surface area (Å²) in [7, 11) is 0. The van der Waals surface area contributed by atoms with E-state index in [9.17, 15) is 9.59 Å². The van der Waals surface area contributed by atoms with Gasteiger partial charge >= 0.3 is 0 Å². The zero-order chi connectivity index (χ0) is 16.9. The van der Waals surface area contributed by atoms with E-state index in [-0.39, 0.29) is 17.3 Å². The van der Waals surface area contributed by atoms with Crippen molar-refractivity contribution >= 4 is 29.1 Å². The maximum Gasteiger partial charge on any atom is 0.274 e. The van der Waals surface area contributed by atoms with Gasteiger partial charge in [0.2, 0.25) is 0 Å². The van der Waals surface area contributed by atoms with Crippen molar-refractivity contribution in [2.75, 3.05) is 31.6 Å². The van der Waals surface area contributed by atoms with Crippen molar-refractivity contribution < 1.29 is 14.3 Å². The van der Waals surface area contributed by atoms with Gasteiger partial charge in [-0.2, -0.15) is 0 Å². The maximum atomic E-state index is 12.4. The fourth-order valence-electron chi connectivity index (χ4n) is 2.36. The van der Waals surface area contributed by atoms with E-state index in [1.807, 2.05) is 0 Å². The van der Waals surface area contributed by atoms with E-state index < -0.39 is 5.91 Å². The average molecular weight is 346 g/mol. The van der Waals surface area contributed by atoms with Gasteiger partial charge in [0, 0.05) is 13.1 Å². The van der Waals surface area contributed by atoms with E-state index in [1.54, 1.807) is 47.4 Å². The SMILES string of the molecule is O=C(Nc1ccccc1Cl)c1cccc(C(=O)N2CCOCC2)n1. The molecule has 1 aromatic heterocycles. The second kappa shape index (κ2) is 7.42. The summed E-state index contributed by atoms with van der Waals surface area (Å²) < 4.78 is 5.23. The first-order chi connectivity index (χ1) is 11.6. The second-order valence-electron chi connectivity index (χ2n) is 5.25. The van der Waals surface area contributed by atoms with Crippen molar-refractivity contribution in [1.29, 1.82) is 0 Å². The molecule has 2 heterocycles. The molecule has 24 heavy (non-hydrogen) atoms. The molecule has 6 nitrogen and oxygen atoms in total. The van der Waals surface area contributed by atoms with Crippen LogP contribution in [0.25, 0.3) is 0 Å². The van der Waals surface area contributed by atoms with Crippen molar-refractivity contribution in [3.05, 3.63) is 58.9 Å². The summed E-state index contributed by atoms with van der Waals surface area (Å²) in [5, 5.41) is 3.13. The fourth-order valence-corrected chi connectivity index (χ4v) is 2.54. The van der Waals surface area contributed by atoms with Crippen LogP contribution in [0.5, 0.6) is 0 Å². The average Bonchev–Trinajstić information content (AvgIpc) is 2.64. The topological polar surface area (TPSA) is 71.5 Å². The molecule has 0 bridgehead atoms. The number of morpholine rings is 1. The number of para-hydroxylation sites is 1. The number of carbonyl (C=O) groups excluding carboxylic acids is 2. The summed E-state index contributed by atoms with van der Waals surface area (Å²) >= 11 is 6.03. The molecular weight excluding hydrogens is 330 g/mol. The summed E-state index contributed by atoms with van der Waals surface area (Å²) in [5.41, 5.74) is 0.897. The van der Waals surface area contributed by atoms with Crippen molar-refractivity contribution in [2.24, 2.45) is 0 Å². The van der Waals surface area contributed by atoms with Crippen LogP contribution in [0.15, 0.2) is 42.5 Å². The lowest BCUT2D eigenvalue weighted by Crippen LogP contribution is -2.41. The van der Waals surface area contributed by atoms with Gasteiger partial charge in [-0.15, -0.1) is 0 Å². The number of aromatic nitrogens is 1. The summed E-state index contributed by atoms with van der Waals surface area (Å²) in [6.45, 7) is 2.07. The third-order valence-electron chi connectivity index (χ3n) is 3.62. The standard InChI is InChI=1S/C17H16ClN3O3/c18-12-4-1-2-5-13(12)20-16(22)14-6-3-7-15(19-14)17(23)21-8-10-24-11-9-21/h1-7H,8-11H2,(H,20,22). The highest BCUT2D eigenvalue weighted by Gasteiger charge is 2.20. The Morgan fingerprint density at radius 3 is 2.50 bits per heavy atom. The number of ether oxygens (including phenoxy) is 1. The van der Waals surface area contributed by atoms with Crippen LogP contribution in [0, 0.1) is 0 Å². The zero-order valence-electron chi connectivity index (χ0n) is 12.9. The molecule has 1 fully saturated rings. The molecule has 0 atom stereocenters. The van der Waals surface area contributed by atoms with Crippen LogP contribution in [0.3, 0.4) is 0 Å². The van der Waals surface area contributed by atoms with E-state index >= 15 is 0 Å². The molecule has 1 aliphatic rings. The number of amides is 2. The number of hydrogen-bond acceptors (Lipinski definition) is 4. The molecule has 1 aromatic carbocycles. The lowest BCUT2D eigenvalue weighted by Gasteiger charge is -2.26. The number of nitrogens with one attached hydrogen (secondary N) is 1. The van der Waals surface area contributed by atoms with Crippen LogP contribution in [0.1, 0.15) is 21.0 Å². The number of nitrogens with zero attached hydrogens (tertiary/aromatic N) is 2. The van der Waals surface area contributed by atoms with Crippen LogP contribution >= 0.6 is 11.6 Å². The van der Waals surface area contributed by atoms with Gasteiger partial charge < -0.3 is 15.0 Å². The molecule has 1 saturated heterocycles. The number of anilines is 1. The molecule has 7 heteroatoms. The first kappa shape index (κ1) is 16.4. The number of carbonyl (C=O) groups is 2. The molecule has 3 rings (SSSR count). The van der Waals surface area contributed by atoms with Gasteiger partial charge in [0.1, 0.15) is 11.4 Å². The van der Waals surface area contributed by atoms with Gasteiger partial charge in [0.05, 0.1) is 23.9 Å². The van der Waals surface area contributed by atoms with Gasteiger partial charge in [-0.25, -0.2) is 4.98 Å². The Morgan fingerprint density at radius 2 is 1.75 bits per heavy atom. The van der Waals surface area contributed by atoms with Gasteiger partial charge in [0.15, 0.2) is 0 Å². The van der Waals surface area contributed by atoms with Crippen LogP contribution in [0.2, 0.25) is 5.02 Å². The molecule has 0 radical (unpaired) electrons. The molecule has 1 N–H and O–H groups in total. The molecule has 0 aliphatic carbocycles. The Morgan fingerprint density at radius 1 is 1.04 bits per heavy atom. The highest BCUT2D eigenvalue weighted by Crippen LogP contribution is 2.21. The predicted molar refractivity (Wildman–Crippen MR) is 90.4 cm³/mol. The van der Waals surface area contributed by atoms with Crippen LogP contribution in [-0.2, 0) is 4.74 Å². The predicted octanol–water partition coefficient (Wildman–Crippen LogP) is 2.46. The molecular formula is C17H16ClN3O3.